The number of unbranched alkanes of at least 4 members (excludes halogenated alkanes) is 46. The number of hydrogen-bond acceptors (Lipinski definition) is 15. The lowest BCUT2D eigenvalue weighted by atomic mass is 10.0. The number of aliphatic hydroxyl groups excluding tert-OH is 1. The van der Waals surface area contributed by atoms with E-state index in [9.17, 15) is 43.2 Å². The number of phosphoric ester groups is 2. The van der Waals surface area contributed by atoms with Crippen molar-refractivity contribution in [3.8, 4) is 0 Å². The summed E-state index contributed by atoms with van der Waals surface area (Å²) in [6.45, 7) is 7.28. The molecule has 0 aliphatic heterocycles. The van der Waals surface area contributed by atoms with Gasteiger partial charge in [-0.1, -0.05) is 336 Å². The molecule has 3 N–H and O–H groups in total. The zero-order valence-electron chi connectivity index (χ0n) is 60.4. The van der Waals surface area contributed by atoms with Gasteiger partial charge in [-0.25, -0.2) is 9.13 Å². The van der Waals surface area contributed by atoms with Gasteiger partial charge < -0.3 is 33.8 Å². The molecule has 2 unspecified atom stereocenters. The van der Waals surface area contributed by atoms with E-state index in [1.165, 1.54) is 205 Å². The third kappa shape index (κ3) is 68.4. The molecule has 19 heteroatoms. The molecule has 93 heavy (non-hydrogen) atoms. The van der Waals surface area contributed by atoms with Crippen molar-refractivity contribution in [1.82, 2.24) is 0 Å². The van der Waals surface area contributed by atoms with Crippen LogP contribution < -0.4 is 0 Å². The van der Waals surface area contributed by atoms with Gasteiger partial charge in [0, 0.05) is 25.7 Å². The molecule has 0 aliphatic rings. The fraction of sp³-hybridized carbons (Fsp3) is 0.946. The topological polar surface area (TPSA) is 237 Å². The highest BCUT2D eigenvalue weighted by Gasteiger charge is 2.30. The van der Waals surface area contributed by atoms with Crippen molar-refractivity contribution in [3.63, 3.8) is 0 Å². The summed E-state index contributed by atoms with van der Waals surface area (Å²) in [5.74, 6) is -1.30. The normalized spacial score (nSPS) is 14.0. The van der Waals surface area contributed by atoms with Crippen LogP contribution in [0.15, 0.2) is 0 Å². The Kier molecular flexibility index (Phi) is 65.9. The van der Waals surface area contributed by atoms with Gasteiger partial charge in [0.05, 0.1) is 26.4 Å². The van der Waals surface area contributed by atoms with Gasteiger partial charge >= 0.3 is 39.5 Å². The predicted molar refractivity (Wildman–Crippen MR) is 377 cm³/mol. The van der Waals surface area contributed by atoms with E-state index in [1.807, 2.05) is 0 Å². The lowest BCUT2D eigenvalue weighted by Crippen LogP contribution is -2.30. The smallest absolute Gasteiger partial charge is 0.462 e. The number of carbonyl (C=O) groups excluding carboxylic acids is 4. The summed E-state index contributed by atoms with van der Waals surface area (Å²) in [4.78, 5) is 72.6. The molecule has 0 bridgehead atoms. The average Bonchev–Trinajstić information content (AvgIpc) is 3.75. The van der Waals surface area contributed by atoms with Gasteiger partial charge in [0.2, 0.25) is 0 Å². The van der Waals surface area contributed by atoms with Gasteiger partial charge in [-0.3, -0.25) is 37.3 Å². The predicted octanol–water partition coefficient (Wildman–Crippen LogP) is 21.7. The van der Waals surface area contributed by atoms with Crippen LogP contribution in [0.5, 0.6) is 0 Å². The molecule has 0 spiro atoms. The lowest BCUT2D eigenvalue weighted by Gasteiger charge is -2.21. The second-order valence-electron chi connectivity index (χ2n) is 27.2. The molecule has 0 radical (unpaired) electrons. The second kappa shape index (κ2) is 67.3. The third-order valence-corrected chi connectivity index (χ3v) is 19.2. The molecular formula is C74H144O17P2. The summed E-state index contributed by atoms with van der Waals surface area (Å²) in [6.07, 6.45) is 55.5. The number of carbonyl (C=O) groups is 4. The number of esters is 4. The fourth-order valence-electron chi connectivity index (χ4n) is 11.4. The van der Waals surface area contributed by atoms with Crippen molar-refractivity contribution in [1.29, 1.82) is 0 Å². The summed E-state index contributed by atoms with van der Waals surface area (Å²) in [7, 11) is -9.90. The molecule has 0 fully saturated rings. The van der Waals surface area contributed by atoms with Gasteiger partial charge in [0.1, 0.15) is 19.3 Å². The molecule has 0 aliphatic carbocycles. The number of ether oxygens (including phenoxy) is 4. The molecule has 0 aromatic carbocycles. The van der Waals surface area contributed by atoms with E-state index in [0.717, 1.165) is 102 Å². The first-order valence-electron chi connectivity index (χ1n) is 38.6. The van der Waals surface area contributed by atoms with Gasteiger partial charge in [0.15, 0.2) is 12.2 Å². The van der Waals surface area contributed by atoms with Gasteiger partial charge in [0.25, 0.3) is 0 Å². The summed E-state index contributed by atoms with van der Waals surface area (Å²) >= 11 is 0. The van der Waals surface area contributed by atoms with Gasteiger partial charge in [-0.2, -0.15) is 0 Å². The Balaban J connectivity index is 5.16. The third-order valence-electron chi connectivity index (χ3n) is 17.3. The zero-order valence-corrected chi connectivity index (χ0v) is 62.2. The summed E-state index contributed by atoms with van der Waals surface area (Å²) in [5, 5.41) is 10.6. The average molecular weight is 1370 g/mol. The van der Waals surface area contributed by atoms with Crippen LogP contribution in [0.3, 0.4) is 0 Å². The second-order valence-corrected chi connectivity index (χ2v) is 30.1. The summed E-state index contributed by atoms with van der Waals surface area (Å²) in [5.41, 5.74) is 0. The summed E-state index contributed by atoms with van der Waals surface area (Å²) < 4.78 is 68.3. The maximum atomic E-state index is 13.1. The van der Waals surface area contributed by atoms with E-state index >= 15 is 0 Å². The lowest BCUT2D eigenvalue weighted by molar-refractivity contribution is -0.161. The molecule has 0 saturated heterocycles. The summed E-state index contributed by atoms with van der Waals surface area (Å²) in [6, 6.07) is 0. The highest BCUT2D eigenvalue weighted by molar-refractivity contribution is 7.47. The van der Waals surface area contributed by atoms with E-state index in [0.29, 0.717) is 25.7 Å². The minimum atomic E-state index is -4.95. The van der Waals surface area contributed by atoms with Crippen LogP contribution in [0.25, 0.3) is 0 Å². The van der Waals surface area contributed by atoms with E-state index in [-0.39, 0.29) is 25.7 Å². The number of rotatable bonds is 74. The van der Waals surface area contributed by atoms with E-state index in [4.69, 9.17) is 37.0 Å². The molecule has 0 rings (SSSR count). The molecule has 17 nitrogen and oxygen atoms in total. The quantitative estimate of drug-likeness (QED) is 0.0222. The first-order valence-corrected chi connectivity index (χ1v) is 41.6. The monoisotopic (exact) mass is 1370 g/mol. The largest absolute Gasteiger partial charge is 0.472 e. The molecule has 0 saturated carbocycles. The van der Waals surface area contributed by atoms with Crippen LogP contribution in [0.2, 0.25) is 0 Å². The van der Waals surface area contributed by atoms with Crippen molar-refractivity contribution < 1.29 is 80.2 Å². The highest BCUT2D eigenvalue weighted by Crippen LogP contribution is 2.45. The number of phosphoric acid groups is 2. The van der Waals surface area contributed by atoms with E-state index in [1.54, 1.807) is 0 Å². The Hall–Kier alpha value is -1.94. The maximum Gasteiger partial charge on any atom is 0.472 e. The molecule has 0 amide bonds. The van der Waals surface area contributed by atoms with Crippen LogP contribution in [-0.2, 0) is 65.4 Å². The molecule has 0 heterocycles. The van der Waals surface area contributed by atoms with Crippen molar-refractivity contribution in [2.45, 2.75) is 406 Å². The minimum absolute atomic E-state index is 0.107. The number of hydrogen-bond donors (Lipinski definition) is 3. The van der Waals surface area contributed by atoms with Gasteiger partial charge in [-0.05, 0) is 31.6 Å². The Morgan fingerprint density at radius 1 is 0.290 bits per heavy atom. The molecular weight excluding hydrogens is 1220 g/mol. The number of aliphatic hydroxyl groups is 1. The fourth-order valence-corrected chi connectivity index (χ4v) is 12.9. The van der Waals surface area contributed by atoms with Crippen LogP contribution in [0.1, 0.15) is 388 Å². The standard InChI is InChI=1S/C74H144O17P2/c1-6-9-12-15-18-21-23-30-35-38-43-48-53-58-72(77)85-64-70(91-74(79)60-55-50-45-40-36-32-29-27-25-24-26-28-31-34-37-41-46-51-56-67(4)5)66-89-93(82,83)87-62-68(75)61-86-92(80,81)88-65-69(63-84-71(76)57-52-47-42-20-17-14-11-8-3)90-73(78)59-54-49-44-39-33-22-19-16-13-10-7-2/h67-70,75H,6-66H2,1-5H3,(H,80,81)(H,82,83)/t68-,69+,70+/m0/s1. The van der Waals surface area contributed by atoms with Crippen molar-refractivity contribution in [2.24, 2.45) is 5.92 Å². The van der Waals surface area contributed by atoms with Crippen molar-refractivity contribution >= 4 is 39.5 Å². The Bertz CT molecular complexity index is 1790. The van der Waals surface area contributed by atoms with Gasteiger partial charge in [-0.15, -0.1) is 0 Å². The molecule has 5 atom stereocenters. The van der Waals surface area contributed by atoms with Crippen LogP contribution in [-0.4, -0.2) is 96.7 Å². The SMILES string of the molecule is CCCCCCCCCCCCCCCC(=O)OC[C@H](COP(=O)(O)OC[C@@H](O)COP(=O)(O)OC[C@@H](COC(=O)CCCCCCCCCC)OC(=O)CCCCCCCCCCCCC)OC(=O)CCCCCCCCCCCCCCCCCCCCC(C)C. The highest BCUT2D eigenvalue weighted by atomic mass is 31.2. The van der Waals surface area contributed by atoms with Crippen molar-refractivity contribution in [2.75, 3.05) is 39.6 Å². The van der Waals surface area contributed by atoms with E-state index in [2.05, 4.69) is 34.6 Å². The maximum absolute atomic E-state index is 13.1. The Morgan fingerprint density at radius 3 is 0.731 bits per heavy atom. The van der Waals surface area contributed by atoms with Crippen LogP contribution >= 0.6 is 15.6 Å². The van der Waals surface area contributed by atoms with Crippen LogP contribution in [0.4, 0.5) is 0 Å². The minimum Gasteiger partial charge on any atom is -0.462 e. The van der Waals surface area contributed by atoms with Crippen LogP contribution in [0, 0.1) is 5.92 Å². The van der Waals surface area contributed by atoms with Crippen molar-refractivity contribution in [3.05, 3.63) is 0 Å². The van der Waals surface area contributed by atoms with E-state index < -0.39 is 97.5 Å². The molecule has 0 aromatic rings. The zero-order chi connectivity index (χ0) is 68.4. The first kappa shape index (κ1) is 91.1. The molecule has 0 aromatic heterocycles. The molecule has 552 valence electrons. The first-order chi connectivity index (χ1) is 45.0. The Labute approximate surface area is 568 Å². The Morgan fingerprint density at radius 2 is 0.495 bits per heavy atom.